The van der Waals surface area contributed by atoms with Crippen molar-refractivity contribution in [3.05, 3.63) is 40.8 Å². The van der Waals surface area contributed by atoms with Gasteiger partial charge in [0.05, 0.1) is 11.7 Å². The van der Waals surface area contributed by atoms with E-state index in [4.69, 9.17) is 5.73 Å². The molecule has 1 unspecified atom stereocenters. The Balaban J connectivity index is 2.52. The van der Waals surface area contributed by atoms with Crippen LogP contribution in [0.4, 0.5) is 0 Å². The van der Waals surface area contributed by atoms with Gasteiger partial charge < -0.3 is 10.7 Å². The summed E-state index contributed by atoms with van der Waals surface area (Å²) in [5.74, 6) is 0.845. The summed E-state index contributed by atoms with van der Waals surface area (Å²) in [5, 5.41) is 0. The zero-order valence-electron chi connectivity index (χ0n) is 10.8. The van der Waals surface area contributed by atoms with Gasteiger partial charge in [-0.15, -0.1) is 0 Å². The van der Waals surface area contributed by atoms with Crippen molar-refractivity contribution in [1.29, 1.82) is 0 Å². The van der Waals surface area contributed by atoms with Gasteiger partial charge in [-0.2, -0.15) is 0 Å². The number of rotatable bonds is 2. The molecule has 2 rings (SSSR count). The van der Waals surface area contributed by atoms with Crippen LogP contribution in [-0.2, 0) is 0 Å². The predicted molar refractivity (Wildman–Crippen MR) is 70.8 cm³/mol. The monoisotopic (exact) mass is 229 g/mol. The van der Waals surface area contributed by atoms with Gasteiger partial charge in [-0.25, -0.2) is 4.98 Å². The first kappa shape index (κ1) is 11.9. The molecular formula is C14H19N3. The summed E-state index contributed by atoms with van der Waals surface area (Å²) in [6.07, 6.45) is 0. The lowest BCUT2D eigenvalue weighted by Crippen LogP contribution is -2.06. The number of nitrogens with two attached hydrogens (primary N) is 1. The Hall–Kier alpha value is -1.61. The fraction of sp³-hybridized carbons (Fsp3) is 0.357. The fourth-order valence-electron chi connectivity index (χ4n) is 2.04. The van der Waals surface area contributed by atoms with Crippen LogP contribution in [0, 0.1) is 20.8 Å². The summed E-state index contributed by atoms with van der Waals surface area (Å²) >= 11 is 0. The van der Waals surface area contributed by atoms with Crippen LogP contribution in [0.25, 0.3) is 11.3 Å². The number of hydrogen-bond acceptors (Lipinski definition) is 2. The molecule has 90 valence electrons. The third-order valence-corrected chi connectivity index (χ3v) is 2.97. The second kappa shape index (κ2) is 4.34. The molecule has 0 spiro atoms. The number of nitrogens with zero attached hydrogens (tertiary/aromatic N) is 1. The summed E-state index contributed by atoms with van der Waals surface area (Å²) in [5.41, 5.74) is 11.6. The molecule has 1 atom stereocenters. The highest BCUT2D eigenvalue weighted by atomic mass is 15.0. The molecule has 0 radical (unpaired) electrons. The first-order chi connectivity index (χ1) is 7.99. The predicted octanol–water partition coefficient (Wildman–Crippen LogP) is 3.02. The zero-order chi connectivity index (χ0) is 12.6. The van der Waals surface area contributed by atoms with E-state index in [1.165, 1.54) is 16.7 Å². The molecule has 0 saturated heterocycles. The molecule has 0 aliphatic rings. The molecule has 1 aromatic heterocycles. The first-order valence-corrected chi connectivity index (χ1v) is 5.88. The Morgan fingerprint density at radius 3 is 2.47 bits per heavy atom. The first-order valence-electron chi connectivity index (χ1n) is 5.88. The summed E-state index contributed by atoms with van der Waals surface area (Å²) < 4.78 is 0. The topological polar surface area (TPSA) is 54.7 Å². The van der Waals surface area contributed by atoms with E-state index in [2.05, 4.69) is 42.0 Å². The maximum Gasteiger partial charge on any atom is 0.123 e. The summed E-state index contributed by atoms with van der Waals surface area (Å²) in [6.45, 7) is 8.18. The van der Waals surface area contributed by atoms with Gasteiger partial charge in [0.15, 0.2) is 0 Å². The molecular weight excluding hydrogens is 210 g/mol. The van der Waals surface area contributed by atoms with Crippen molar-refractivity contribution in [2.24, 2.45) is 5.73 Å². The van der Waals surface area contributed by atoms with Crippen molar-refractivity contribution in [3.63, 3.8) is 0 Å². The largest absolute Gasteiger partial charge is 0.344 e. The normalized spacial score (nSPS) is 12.8. The number of aromatic amines is 1. The highest BCUT2D eigenvalue weighted by molar-refractivity contribution is 5.66. The van der Waals surface area contributed by atoms with E-state index in [1.807, 2.05) is 13.8 Å². The number of aromatic nitrogens is 2. The minimum atomic E-state index is -0.0618. The molecule has 17 heavy (non-hydrogen) atoms. The van der Waals surface area contributed by atoms with Crippen LogP contribution in [0.15, 0.2) is 18.2 Å². The lowest BCUT2D eigenvalue weighted by Gasteiger charge is -2.05. The van der Waals surface area contributed by atoms with Crippen LogP contribution in [0.2, 0.25) is 0 Å². The molecule has 3 nitrogen and oxygen atoms in total. The minimum absolute atomic E-state index is 0.0618. The van der Waals surface area contributed by atoms with Gasteiger partial charge in [0.25, 0.3) is 0 Å². The average molecular weight is 229 g/mol. The minimum Gasteiger partial charge on any atom is -0.344 e. The van der Waals surface area contributed by atoms with Crippen molar-refractivity contribution in [1.82, 2.24) is 9.97 Å². The molecule has 0 bridgehead atoms. The van der Waals surface area contributed by atoms with Gasteiger partial charge in [0, 0.05) is 11.3 Å². The summed E-state index contributed by atoms with van der Waals surface area (Å²) in [6, 6.07) is 6.35. The summed E-state index contributed by atoms with van der Waals surface area (Å²) in [7, 11) is 0. The number of nitrogens with one attached hydrogen (secondary N) is 1. The van der Waals surface area contributed by atoms with Gasteiger partial charge in [-0.3, -0.25) is 0 Å². The molecule has 0 fully saturated rings. The third-order valence-electron chi connectivity index (χ3n) is 2.97. The highest BCUT2D eigenvalue weighted by Gasteiger charge is 2.12. The van der Waals surface area contributed by atoms with Gasteiger partial charge in [-0.1, -0.05) is 23.8 Å². The van der Waals surface area contributed by atoms with Gasteiger partial charge in [-0.05, 0) is 33.3 Å². The Morgan fingerprint density at radius 2 is 1.94 bits per heavy atom. The third kappa shape index (κ3) is 2.24. The van der Waals surface area contributed by atoms with Crippen LogP contribution >= 0.6 is 0 Å². The Labute approximate surface area is 102 Å². The lowest BCUT2D eigenvalue weighted by molar-refractivity contribution is 0.754. The SMILES string of the molecule is Cc1ccc(-c2nc(C(C)N)[nH]c2C)c(C)c1. The van der Waals surface area contributed by atoms with Gasteiger partial charge in [0.1, 0.15) is 5.82 Å². The number of H-pyrrole nitrogens is 1. The van der Waals surface area contributed by atoms with E-state index in [1.54, 1.807) is 0 Å². The molecule has 1 heterocycles. The second-order valence-electron chi connectivity index (χ2n) is 4.70. The number of aryl methyl sites for hydroxylation is 3. The van der Waals surface area contributed by atoms with E-state index in [9.17, 15) is 0 Å². The van der Waals surface area contributed by atoms with Crippen LogP contribution in [0.5, 0.6) is 0 Å². The Morgan fingerprint density at radius 1 is 1.24 bits per heavy atom. The number of hydrogen-bond donors (Lipinski definition) is 2. The summed E-state index contributed by atoms with van der Waals surface area (Å²) in [4.78, 5) is 7.84. The Kier molecular flexibility index (Phi) is 3.03. The molecule has 0 aliphatic carbocycles. The number of imidazole rings is 1. The second-order valence-corrected chi connectivity index (χ2v) is 4.70. The molecule has 3 heteroatoms. The molecule has 1 aromatic carbocycles. The van der Waals surface area contributed by atoms with E-state index < -0.39 is 0 Å². The number of benzene rings is 1. The van der Waals surface area contributed by atoms with Gasteiger partial charge in [0.2, 0.25) is 0 Å². The van der Waals surface area contributed by atoms with Crippen LogP contribution in [-0.4, -0.2) is 9.97 Å². The van der Waals surface area contributed by atoms with Crippen molar-refractivity contribution >= 4 is 0 Å². The Bertz CT molecular complexity index is 538. The van der Waals surface area contributed by atoms with Crippen molar-refractivity contribution < 1.29 is 0 Å². The van der Waals surface area contributed by atoms with E-state index in [0.29, 0.717) is 0 Å². The van der Waals surface area contributed by atoms with E-state index in [0.717, 1.165) is 17.2 Å². The van der Waals surface area contributed by atoms with Crippen LogP contribution in [0.3, 0.4) is 0 Å². The molecule has 0 amide bonds. The standard InChI is InChI=1S/C14H19N3/c1-8-5-6-12(9(2)7-8)13-11(4)16-14(17-13)10(3)15/h5-7,10H,15H2,1-4H3,(H,16,17). The molecule has 0 aliphatic heterocycles. The average Bonchev–Trinajstić information content (AvgIpc) is 2.61. The van der Waals surface area contributed by atoms with Crippen molar-refractivity contribution in [2.75, 3.05) is 0 Å². The highest BCUT2D eigenvalue weighted by Crippen LogP contribution is 2.26. The molecule has 0 saturated carbocycles. The zero-order valence-corrected chi connectivity index (χ0v) is 10.8. The maximum atomic E-state index is 5.84. The van der Waals surface area contributed by atoms with Crippen molar-refractivity contribution in [2.45, 2.75) is 33.7 Å². The lowest BCUT2D eigenvalue weighted by atomic mass is 10.0. The van der Waals surface area contributed by atoms with Crippen LogP contribution in [0.1, 0.15) is 35.6 Å². The smallest absolute Gasteiger partial charge is 0.123 e. The van der Waals surface area contributed by atoms with E-state index >= 15 is 0 Å². The fourth-order valence-corrected chi connectivity index (χ4v) is 2.04. The maximum absolute atomic E-state index is 5.84. The molecule has 3 N–H and O–H groups in total. The van der Waals surface area contributed by atoms with Crippen LogP contribution < -0.4 is 5.73 Å². The quantitative estimate of drug-likeness (QED) is 0.831. The van der Waals surface area contributed by atoms with E-state index in [-0.39, 0.29) is 6.04 Å². The molecule has 2 aromatic rings. The van der Waals surface area contributed by atoms with Gasteiger partial charge >= 0.3 is 0 Å². The van der Waals surface area contributed by atoms with Crippen molar-refractivity contribution in [3.8, 4) is 11.3 Å².